The lowest BCUT2D eigenvalue weighted by molar-refractivity contribution is 0.385. The van der Waals surface area contributed by atoms with Crippen LogP contribution in [-0.4, -0.2) is 6.17 Å². The van der Waals surface area contributed by atoms with E-state index in [-0.39, 0.29) is 6.17 Å². The van der Waals surface area contributed by atoms with E-state index in [2.05, 4.69) is 49.9 Å². The molecule has 0 radical (unpaired) electrons. The number of allylic oxidation sites excluding steroid dienone is 2. The SMILES string of the molecule is [2H]N1C(C2CCCCC2)=C(C)N(c2ccccc2C)C1C. The quantitative estimate of drug-likeness (QED) is 0.848. The largest absolute Gasteiger partial charge is 0.367 e. The van der Waals surface area contributed by atoms with Crippen LogP contribution in [0.1, 0.15) is 51.5 Å². The molecular weight excluding hydrogens is 244 g/mol. The Kier molecular flexibility index (Phi) is 3.39. The molecule has 20 heavy (non-hydrogen) atoms. The molecule has 0 amide bonds. The first kappa shape index (κ1) is 12.3. The predicted octanol–water partition coefficient (Wildman–Crippen LogP) is 4.56. The van der Waals surface area contributed by atoms with E-state index in [1.807, 2.05) is 0 Å². The van der Waals surface area contributed by atoms with Crippen LogP contribution >= 0.6 is 0 Å². The van der Waals surface area contributed by atoms with Gasteiger partial charge in [-0.1, -0.05) is 37.5 Å². The van der Waals surface area contributed by atoms with Crippen molar-refractivity contribution in [1.82, 2.24) is 5.31 Å². The van der Waals surface area contributed by atoms with Crippen molar-refractivity contribution in [3.8, 4) is 0 Å². The van der Waals surface area contributed by atoms with Gasteiger partial charge < -0.3 is 10.2 Å². The van der Waals surface area contributed by atoms with Gasteiger partial charge in [0.05, 0.1) is 0 Å². The molecule has 1 unspecified atom stereocenters. The molecule has 0 spiro atoms. The maximum absolute atomic E-state index is 8.55. The van der Waals surface area contributed by atoms with Crippen LogP contribution in [0.5, 0.6) is 0 Å². The number of aryl methyl sites for hydroxylation is 1. The van der Waals surface area contributed by atoms with Gasteiger partial charge >= 0.3 is 0 Å². The molecule has 2 nitrogen and oxygen atoms in total. The molecular formula is C18H26N2. The number of nitrogens with one attached hydrogen (secondary N) is 1. The number of anilines is 1. The molecule has 1 saturated carbocycles. The highest BCUT2D eigenvalue weighted by Gasteiger charge is 2.31. The summed E-state index contributed by atoms with van der Waals surface area (Å²) in [5.74, 6) is 0.577. The Labute approximate surface area is 124 Å². The second kappa shape index (κ2) is 5.51. The van der Waals surface area contributed by atoms with Gasteiger partial charge in [0.1, 0.15) is 6.17 Å². The molecule has 1 aliphatic carbocycles. The minimum absolute atomic E-state index is 0.0861. The summed E-state index contributed by atoms with van der Waals surface area (Å²) in [5.41, 5.74) is 5.05. The van der Waals surface area contributed by atoms with E-state index in [1.54, 1.807) is 5.31 Å². The predicted molar refractivity (Wildman–Crippen MR) is 85.5 cm³/mol. The van der Waals surface area contributed by atoms with Crippen LogP contribution in [0.15, 0.2) is 35.7 Å². The van der Waals surface area contributed by atoms with Crippen molar-refractivity contribution in [1.29, 1.82) is 0 Å². The van der Waals surface area contributed by atoms with Crippen molar-refractivity contribution in [3.05, 3.63) is 41.2 Å². The normalized spacial score (nSPS) is 25.4. The Balaban J connectivity index is 1.98. The van der Waals surface area contributed by atoms with Crippen molar-refractivity contribution < 1.29 is 1.41 Å². The zero-order valence-corrected chi connectivity index (χ0v) is 12.9. The lowest BCUT2D eigenvalue weighted by atomic mass is 9.86. The maximum Gasteiger partial charge on any atom is 0.162 e. The third-order valence-electron chi connectivity index (χ3n) is 4.80. The van der Waals surface area contributed by atoms with Crippen LogP contribution in [0.3, 0.4) is 0 Å². The van der Waals surface area contributed by atoms with E-state index in [1.165, 1.54) is 54.7 Å². The highest BCUT2D eigenvalue weighted by atomic mass is 15.3. The van der Waals surface area contributed by atoms with Crippen LogP contribution in [0.2, 0.25) is 1.41 Å². The van der Waals surface area contributed by atoms with Crippen LogP contribution in [-0.2, 0) is 0 Å². The monoisotopic (exact) mass is 271 g/mol. The number of nitrogens with zero attached hydrogens (tertiary/aromatic N) is 1. The van der Waals surface area contributed by atoms with Crippen LogP contribution < -0.4 is 10.2 Å². The fourth-order valence-electron chi connectivity index (χ4n) is 3.75. The van der Waals surface area contributed by atoms with E-state index in [0.29, 0.717) is 5.92 Å². The van der Waals surface area contributed by atoms with E-state index >= 15 is 0 Å². The molecule has 1 fully saturated rings. The first-order chi connectivity index (χ1) is 10.1. The number of hydrogen-bond donors (Lipinski definition) is 1. The first-order valence-corrected chi connectivity index (χ1v) is 7.95. The van der Waals surface area contributed by atoms with Crippen molar-refractivity contribution >= 4 is 5.69 Å². The van der Waals surface area contributed by atoms with E-state index in [0.717, 1.165) is 0 Å². The maximum atomic E-state index is 8.55. The molecule has 1 atom stereocenters. The van der Waals surface area contributed by atoms with Gasteiger partial charge in [-0.25, -0.2) is 0 Å². The zero-order chi connectivity index (χ0) is 15.0. The molecule has 1 aromatic rings. The summed E-state index contributed by atoms with van der Waals surface area (Å²) in [6, 6.07) is 8.50. The van der Waals surface area contributed by atoms with Gasteiger partial charge in [0.2, 0.25) is 0 Å². The fraction of sp³-hybridized carbons (Fsp3) is 0.556. The first-order valence-electron chi connectivity index (χ1n) is 8.39. The number of benzene rings is 1. The minimum Gasteiger partial charge on any atom is -0.367 e. The molecule has 2 heteroatoms. The molecule has 1 N–H and O–H groups in total. The Morgan fingerprint density at radius 3 is 2.55 bits per heavy atom. The van der Waals surface area contributed by atoms with Crippen LogP contribution in [0.25, 0.3) is 0 Å². The van der Waals surface area contributed by atoms with Crippen LogP contribution in [0.4, 0.5) is 5.69 Å². The third-order valence-corrected chi connectivity index (χ3v) is 4.80. The molecule has 1 heterocycles. The second-order valence-corrected chi connectivity index (χ2v) is 6.22. The van der Waals surface area contributed by atoms with Gasteiger partial charge in [-0.2, -0.15) is 0 Å². The average molecular weight is 271 g/mol. The van der Waals surface area contributed by atoms with Gasteiger partial charge in [-0.3, -0.25) is 0 Å². The second-order valence-electron chi connectivity index (χ2n) is 6.22. The summed E-state index contributed by atoms with van der Waals surface area (Å²) in [6.45, 7) is 6.49. The standard InChI is InChI=1S/C18H26N2/c1-13-9-7-8-12-17(13)20-14(2)18(19-15(20)3)16-10-5-4-6-11-16/h7-9,12,15-16,19H,4-6,10-11H2,1-3H3/i/hD. The summed E-state index contributed by atoms with van der Waals surface area (Å²) in [5, 5.41) is 1.76. The minimum atomic E-state index is 0.0861. The molecule has 3 rings (SSSR count). The van der Waals surface area contributed by atoms with E-state index in [9.17, 15) is 0 Å². The van der Waals surface area contributed by atoms with Crippen molar-refractivity contribution in [2.45, 2.75) is 59.0 Å². The van der Waals surface area contributed by atoms with Gasteiger partial charge in [0.25, 0.3) is 0 Å². The molecule has 108 valence electrons. The molecule has 0 aromatic heterocycles. The molecule has 1 aromatic carbocycles. The molecule has 2 aliphatic rings. The molecule has 0 bridgehead atoms. The Morgan fingerprint density at radius 1 is 1.15 bits per heavy atom. The lowest BCUT2D eigenvalue weighted by Gasteiger charge is -2.26. The number of hydrogen-bond acceptors (Lipinski definition) is 2. The van der Waals surface area contributed by atoms with Gasteiger partial charge in [-0.15, -0.1) is 0 Å². The summed E-state index contributed by atoms with van der Waals surface area (Å²) in [4.78, 5) is 2.34. The summed E-state index contributed by atoms with van der Waals surface area (Å²) >= 11 is 0. The van der Waals surface area contributed by atoms with E-state index in [4.69, 9.17) is 1.41 Å². The van der Waals surface area contributed by atoms with Crippen molar-refractivity contribution in [3.63, 3.8) is 0 Å². The highest BCUT2D eigenvalue weighted by molar-refractivity contribution is 5.60. The van der Waals surface area contributed by atoms with Crippen molar-refractivity contribution in [2.75, 3.05) is 4.90 Å². The third kappa shape index (κ3) is 2.32. The van der Waals surface area contributed by atoms with Gasteiger partial charge in [0.15, 0.2) is 1.41 Å². The molecule has 1 aliphatic heterocycles. The molecule has 0 saturated heterocycles. The van der Waals surface area contributed by atoms with Crippen LogP contribution in [0, 0.1) is 12.8 Å². The zero-order valence-electron chi connectivity index (χ0n) is 13.9. The summed E-state index contributed by atoms with van der Waals surface area (Å²) in [6.07, 6.45) is 6.57. The van der Waals surface area contributed by atoms with Gasteiger partial charge in [-0.05, 0) is 45.2 Å². The fourth-order valence-corrected chi connectivity index (χ4v) is 3.75. The topological polar surface area (TPSA) is 15.3 Å². The Hall–Kier alpha value is -1.44. The lowest BCUT2D eigenvalue weighted by Crippen LogP contribution is -2.35. The smallest absolute Gasteiger partial charge is 0.162 e. The Bertz CT molecular complexity index is 546. The summed E-state index contributed by atoms with van der Waals surface area (Å²) in [7, 11) is 0. The number of para-hydroxylation sites is 1. The number of rotatable bonds is 2. The van der Waals surface area contributed by atoms with Gasteiger partial charge in [0, 0.05) is 23.0 Å². The average Bonchev–Trinajstić information content (AvgIpc) is 2.71. The van der Waals surface area contributed by atoms with E-state index < -0.39 is 0 Å². The highest BCUT2D eigenvalue weighted by Crippen LogP contribution is 2.37. The summed E-state index contributed by atoms with van der Waals surface area (Å²) < 4.78 is 8.55. The van der Waals surface area contributed by atoms with Crippen molar-refractivity contribution in [2.24, 2.45) is 5.92 Å². The Morgan fingerprint density at radius 2 is 1.85 bits per heavy atom.